The van der Waals surface area contributed by atoms with Crippen LogP contribution >= 0.6 is 11.3 Å². The van der Waals surface area contributed by atoms with Crippen LogP contribution in [0.25, 0.3) is 6.08 Å². The molecule has 1 aromatic heterocycles. The van der Waals surface area contributed by atoms with Gasteiger partial charge in [0.2, 0.25) is 0 Å². The summed E-state index contributed by atoms with van der Waals surface area (Å²) in [5.41, 5.74) is 2.00. The summed E-state index contributed by atoms with van der Waals surface area (Å²) in [6, 6.07) is 11.6. The predicted molar refractivity (Wildman–Crippen MR) is 147 cm³/mol. The second-order valence-corrected chi connectivity index (χ2v) is 9.87. The normalized spacial score (nSPS) is 15.2. The number of benzene rings is 2. The first-order valence-corrected chi connectivity index (χ1v) is 13.5. The molecule has 1 unspecified atom stereocenters. The van der Waals surface area contributed by atoms with Gasteiger partial charge in [-0.05, 0) is 61.7 Å². The van der Waals surface area contributed by atoms with Gasteiger partial charge in [-0.2, -0.15) is 0 Å². The van der Waals surface area contributed by atoms with Crippen LogP contribution in [-0.4, -0.2) is 36.0 Å². The van der Waals surface area contributed by atoms with Crippen LogP contribution in [0.1, 0.15) is 57.2 Å². The topological polar surface area (TPSA) is 99.4 Å². The predicted octanol–water partition coefficient (Wildman–Crippen LogP) is 4.08. The van der Waals surface area contributed by atoms with Crippen molar-refractivity contribution in [2.75, 3.05) is 20.3 Å². The van der Waals surface area contributed by atoms with Gasteiger partial charge < -0.3 is 19.3 Å². The molecule has 0 fully saturated rings. The fraction of sp³-hybridized carbons (Fsp3) is 0.345. The molecular formula is C29H32N2O6S. The Bertz CT molecular complexity index is 1520. The average molecular weight is 537 g/mol. The minimum absolute atomic E-state index is 0.0126. The fourth-order valence-corrected chi connectivity index (χ4v) is 5.38. The van der Waals surface area contributed by atoms with Gasteiger partial charge in [0.05, 0.1) is 42.2 Å². The Labute approximate surface area is 225 Å². The lowest BCUT2D eigenvalue weighted by molar-refractivity contribution is -0.139. The van der Waals surface area contributed by atoms with E-state index in [4.69, 9.17) is 14.2 Å². The molecule has 0 amide bonds. The summed E-state index contributed by atoms with van der Waals surface area (Å²) < 4.78 is 18.4. The average Bonchev–Trinajstić information content (AvgIpc) is 3.21. The van der Waals surface area contributed by atoms with Gasteiger partial charge in [0.1, 0.15) is 5.75 Å². The van der Waals surface area contributed by atoms with E-state index in [1.54, 1.807) is 36.6 Å². The smallest absolute Gasteiger partial charge is 0.338 e. The Morgan fingerprint density at radius 3 is 2.61 bits per heavy atom. The number of thiazole rings is 1. The number of nitrogens with zero attached hydrogens (tertiary/aromatic N) is 2. The largest absolute Gasteiger partial charge is 0.504 e. The van der Waals surface area contributed by atoms with E-state index < -0.39 is 12.0 Å². The summed E-state index contributed by atoms with van der Waals surface area (Å²) >= 11 is 1.24. The summed E-state index contributed by atoms with van der Waals surface area (Å²) in [5.74, 6) is 0.550. The molecule has 2 aromatic carbocycles. The number of fused-ring (bicyclic) bond motifs is 1. The summed E-state index contributed by atoms with van der Waals surface area (Å²) in [7, 11) is 1.47. The second-order valence-electron chi connectivity index (χ2n) is 8.86. The highest BCUT2D eigenvalue weighted by Crippen LogP contribution is 2.32. The molecular weight excluding hydrogens is 504 g/mol. The van der Waals surface area contributed by atoms with E-state index in [1.807, 2.05) is 24.3 Å². The molecule has 1 aliphatic rings. The van der Waals surface area contributed by atoms with E-state index >= 15 is 0 Å². The lowest BCUT2D eigenvalue weighted by Gasteiger charge is -2.24. The Hall–Kier alpha value is -3.85. The van der Waals surface area contributed by atoms with Crippen LogP contribution in [-0.2, 0) is 9.53 Å². The number of aromatic nitrogens is 1. The van der Waals surface area contributed by atoms with Gasteiger partial charge in [0.15, 0.2) is 16.3 Å². The fourth-order valence-electron chi connectivity index (χ4n) is 4.33. The third-order valence-corrected chi connectivity index (χ3v) is 7.21. The number of carbonyl (C=O) groups excluding carboxylic acids is 1. The zero-order chi connectivity index (χ0) is 27.2. The van der Waals surface area contributed by atoms with Crippen molar-refractivity contribution in [1.82, 2.24) is 4.57 Å². The highest BCUT2D eigenvalue weighted by Gasteiger charge is 2.33. The zero-order valence-corrected chi connectivity index (χ0v) is 22.8. The van der Waals surface area contributed by atoms with E-state index in [0.717, 1.165) is 30.6 Å². The van der Waals surface area contributed by atoms with Crippen molar-refractivity contribution in [3.05, 3.63) is 84.5 Å². The number of ether oxygens (including phenoxy) is 3. The third kappa shape index (κ3) is 5.67. The lowest BCUT2D eigenvalue weighted by Crippen LogP contribution is -2.39. The van der Waals surface area contributed by atoms with Crippen LogP contribution in [0.3, 0.4) is 0 Å². The molecule has 200 valence electrons. The Kier molecular flexibility index (Phi) is 8.68. The number of esters is 1. The number of carbonyl (C=O) groups is 1. The van der Waals surface area contributed by atoms with Crippen molar-refractivity contribution in [3.8, 4) is 17.2 Å². The maximum atomic E-state index is 13.7. The number of rotatable bonds is 10. The highest BCUT2D eigenvalue weighted by molar-refractivity contribution is 7.07. The van der Waals surface area contributed by atoms with E-state index in [-0.39, 0.29) is 17.9 Å². The maximum absolute atomic E-state index is 13.7. The van der Waals surface area contributed by atoms with Crippen molar-refractivity contribution in [1.29, 1.82) is 0 Å². The molecule has 0 aliphatic carbocycles. The number of allylic oxidation sites excluding steroid dienone is 1. The standard InChI is InChI=1S/C29H32N2O6S/c1-5-7-8-15-37-21-12-10-20(11-13-21)26-25(28(34)36-6-2)18(3)30-29-31(26)27(33)24(38-29)17-19-9-14-22(32)23(16-19)35-4/h9-14,16-17,26,32H,5-8,15H2,1-4H3/b24-17-. The van der Waals surface area contributed by atoms with Gasteiger partial charge in [0.25, 0.3) is 5.56 Å². The van der Waals surface area contributed by atoms with E-state index in [2.05, 4.69) is 11.9 Å². The van der Waals surface area contributed by atoms with Crippen molar-refractivity contribution in [2.24, 2.45) is 4.99 Å². The van der Waals surface area contributed by atoms with Crippen LogP contribution in [0.2, 0.25) is 0 Å². The Balaban J connectivity index is 1.80. The first-order chi connectivity index (χ1) is 18.4. The number of unbranched alkanes of at least 4 members (excludes halogenated alkanes) is 2. The third-order valence-electron chi connectivity index (χ3n) is 6.23. The minimum atomic E-state index is -0.698. The molecule has 1 N–H and O–H groups in total. The number of hydrogen-bond donors (Lipinski definition) is 1. The molecule has 0 radical (unpaired) electrons. The first-order valence-electron chi connectivity index (χ1n) is 12.7. The monoisotopic (exact) mass is 536 g/mol. The van der Waals surface area contributed by atoms with Crippen molar-refractivity contribution in [3.63, 3.8) is 0 Å². The number of phenols is 1. The molecule has 0 spiro atoms. The minimum Gasteiger partial charge on any atom is -0.504 e. The van der Waals surface area contributed by atoms with Crippen LogP contribution < -0.4 is 24.4 Å². The van der Waals surface area contributed by atoms with E-state index in [9.17, 15) is 14.7 Å². The molecule has 9 heteroatoms. The molecule has 8 nitrogen and oxygen atoms in total. The molecule has 0 saturated heterocycles. The van der Waals surface area contributed by atoms with Crippen LogP contribution in [0.5, 0.6) is 17.2 Å². The molecule has 0 saturated carbocycles. The number of aromatic hydroxyl groups is 1. The molecule has 2 heterocycles. The van der Waals surface area contributed by atoms with Crippen molar-refractivity contribution >= 4 is 23.4 Å². The van der Waals surface area contributed by atoms with E-state index in [1.165, 1.54) is 24.5 Å². The molecule has 0 bridgehead atoms. The quantitative estimate of drug-likeness (QED) is 0.310. The van der Waals surface area contributed by atoms with Crippen LogP contribution in [0, 0.1) is 0 Å². The van der Waals surface area contributed by atoms with E-state index in [0.29, 0.717) is 38.5 Å². The van der Waals surface area contributed by atoms with Crippen LogP contribution in [0.4, 0.5) is 0 Å². The molecule has 4 rings (SSSR count). The number of phenolic OH excluding ortho intramolecular Hbond substituents is 1. The SMILES string of the molecule is CCCCCOc1ccc(C2C(C(=O)OCC)=C(C)N=c3s/c(=C\c4ccc(O)c(OC)c4)c(=O)n32)cc1. The van der Waals surface area contributed by atoms with Gasteiger partial charge in [-0.25, -0.2) is 9.79 Å². The Morgan fingerprint density at radius 1 is 1.16 bits per heavy atom. The van der Waals surface area contributed by atoms with Gasteiger partial charge in [-0.15, -0.1) is 0 Å². The second kappa shape index (κ2) is 12.1. The molecule has 1 atom stereocenters. The van der Waals surface area contributed by atoms with Gasteiger partial charge >= 0.3 is 5.97 Å². The lowest BCUT2D eigenvalue weighted by atomic mass is 9.96. The molecule has 3 aromatic rings. The molecule has 38 heavy (non-hydrogen) atoms. The van der Waals surface area contributed by atoms with Crippen LogP contribution in [0.15, 0.2) is 63.5 Å². The van der Waals surface area contributed by atoms with Gasteiger partial charge in [-0.3, -0.25) is 9.36 Å². The van der Waals surface area contributed by atoms with Crippen molar-refractivity contribution in [2.45, 2.75) is 46.1 Å². The first kappa shape index (κ1) is 27.2. The van der Waals surface area contributed by atoms with Crippen molar-refractivity contribution < 1.29 is 24.1 Å². The maximum Gasteiger partial charge on any atom is 0.338 e. The highest BCUT2D eigenvalue weighted by atomic mass is 32.1. The summed E-state index contributed by atoms with van der Waals surface area (Å²) in [6.45, 7) is 6.49. The Morgan fingerprint density at radius 2 is 1.92 bits per heavy atom. The summed E-state index contributed by atoms with van der Waals surface area (Å²) in [6.07, 6.45) is 4.93. The number of hydrogen-bond acceptors (Lipinski definition) is 8. The van der Waals surface area contributed by atoms with Gasteiger partial charge in [-0.1, -0.05) is 49.3 Å². The zero-order valence-electron chi connectivity index (χ0n) is 22.0. The summed E-state index contributed by atoms with van der Waals surface area (Å²) in [4.78, 5) is 31.9. The summed E-state index contributed by atoms with van der Waals surface area (Å²) in [5, 5.41) is 9.92. The molecule has 1 aliphatic heterocycles. The van der Waals surface area contributed by atoms with Gasteiger partial charge in [0, 0.05) is 0 Å². The number of methoxy groups -OCH3 is 1.